The Hall–Kier alpha value is -2.50. The quantitative estimate of drug-likeness (QED) is 0.828. The highest BCUT2D eigenvalue weighted by atomic mass is 16.6. The van der Waals surface area contributed by atoms with E-state index in [2.05, 4.69) is 16.7 Å². The number of urea groups is 1. The maximum absolute atomic E-state index is 12.2. The van der Waals surface area contributed by atoms with Crippen molar-refractivity contribution in [3.05, 3.63) is 35.9 Å². The first-order valence-corrected chi connectivity index (χ1v) is 8.44. The molecule has 6 nitrogen and oxygen atoms in total. The van der Waals surface area contributed by atoms with Crippen LogP contribution in [0.15, 0.2) is 35.9 Å². The second-order valence-corrected chi connectivity index (χ2v) is 6.16. The van der Waals surface area contributed by atoms with Gasteiger partial charge in [0.1, 0.15) is 6.61 Å². The molecule has 1 aliphatic heterocycles. The van der Waals surface area contributed by atoms with Crippen LogP contribution < -0.4 is 15.5 Å². The van der Waals surface area contributed by atoms with Crippen molar-refractivity contribution in [2.24, 2.45) is 0 Å². The third kappa shape index (κ3) is 3.88. The van der Waals surface area contributed by atoms with Gasteiger partial charge in [-0.25, -0.2) is 9.59 Å². The molecule has 2 aliphatic rings. The van der Waals surface area contributed by atoms with Gasteiger partial charge in [0, 0.05) is 17.4 Å². The number of rotatable bonds is 4. The third-order valence-electron chi connectivity index (χ3n) is 4.41. The van der Waals surface area contributed by atoms with Crippen LogP contribution >= 0.6 is 0 Å². The summed E-state index contributed by atoms with van der Waals surface area (Å²) in [6.45, 7) is 2.93. The van der Waals surface area contributed by atoms with E-state index in [1.165, 1.54) is 18.4 Å². The largest absolute Gasteiger partial charge is 0.447 e. The highest BCUT2D eigenvalue weighted by Crippen LogP contribution is 2.23. The Morgan fingerprint density at radius 2 is 2.21 bits per heavy atom. The molecule has 128 valence electrons. The van der Waals surface area contributed by atoms with E-state index in [4.69, 9.17) is 4.74 Å². The molecule has 1 aromatic carbocycles. The van der Waals surface area contributed by atoms with E-state index >= 15 is 0 Å². The van der Waals surface area contributed by atoms with E-state index in [0.29, 0.717) is 18.8 Å². The number of nitrogens with one attached hydrogen (secondary N) is 2. The van der Waals surface area contributed by atoms with Crippen LogP contribution in [0.3, 0.4) is 0 Å². The predicted octanol–water partition coefficient (Wildman–Crippen LogP) is 3.65. The Kier molecular flexibility index (Phi) is 5.03. The van der Waals surface area contributed by atoms with Crippen LogP contribution in [0.1, 0.15) is 32.6 Å². The molecule has 0 unspecified atom stereocenters. The summed E-state index contributed by atoms with van der Waals surface area (Å²) in [6.07, 6.45) is 6.44. The van der Waals surface area contributed by atoms with Crippen molar-refractivity contribution in [3.63, 3.8) is 0 Å². The molecule has 3 rings (SSSR count). The molecule has 24 heavy (non-hydrogen) atoms. The van der Waals surface area contributed by atoms with Crippen molar-refractivity contribution < 1.29 is 14.3 Å². The fourth-order valence-electron chi connectivity index (χ4n) is 3.09. The number of hydrogen-bond donors (Lipinski definition) is 2. The van der Waals surface area contributed by atoms with Crippen LogP contribution in [0.4, 0.5) is 21.0 Å². The molecule has 0 bridgehead atoms. The highest BCUT2D eigenvalue weighted by Gasteiger charge is 2.23. The molecule has 0 spiro atoms. The summed E-state index contributed by atoms with van der Waals surface area (Å²) in [7, 11) is 0. The van der Waals surface area contributed by atoms with Gasteiger partial charge in [0.2, 0.25) is 0 Å². The number of anilines is 2. The maximum Gasteiger partial charge on any atom is 0.414 e. The maximum atomic E-state index is 12.2. The minimum absolute atomic E-state index is 0.0297. The molecule has 1 atom stereocenters. The molecule has 1 fully saturated rings. The molecule has 0 saturated carbocycles. The van der Waals surface area contributed by atoms with E-state index in [1.54, 1.807) is 17.0 Å². The van der Waals surface area contributed by atoms with Gasteiger partial charge in [0.15, 0.2) is 0 Å². The molecule has 1 aromatic rings. The molecule has 3 amide bonds. The Morgan fingerprint density at radius 3 is 2.92 bits per heavy atom. The van der Waals surface area contributed by atoms with Gasteiger partial charge in [0.05, 0.1) is 6.54 Å². The second-order valence-electron chi connectivity index (χ2n) is 6.16. The highest BCUT2D eigenvalue weighted by molar-refractivity contribution is 5.93. The predicted molar refractivity (Wildman–Crippen MR) is 93.3 cm³/mol. The van der Waals surface area contributed by atoms with Gasteiger partial charge in [-0.2, -0.15) is 0 Å². The van der Waals surface area contributed by atoms with Crippen molar-refractivity contribution in [1.29, 1.82) is 0 Å². The van der Waals surface area contributed by atoms with Gasteiger partial charge in [-0.3, -0.25) is 4.90 Å². The summed E-state index contributed by atoms with van der Waals surface area (Å²) in [6, 6.07) is 7.00. The van der Waals surface area contributed by atoms with Crippen LogP contribution in [0.5, 0.6) is 0 Å². The SMILES string of the molecule is C[C@H](NC(=O)Nc1cccc(N2CCOC2=O)c1)C1=CCCCC1. The zero-order chi connectivity index (χ0) is 16.9. The number of ether oxygens (including phenoxy) is 1. The average Bonchev–Trinajstić information content (AvgIpc) is 3.02. The first kappa shape index (κ1) is 16.4. The topological polar surface area (TPSA) is 70.7 Å². The van der Waals surface area contributed by atoms with E-state index in [-0.39, 0.29) is 18.2 Å². The minimum Gasteiger partial charge on any atom is -0.447 e. The van der Waals surface area contributed by atoms with Gasteiger partial charge in [-0.05, 0) is 50.8 Å². The number of benzene rings is 1. The number of amides is 3. The van der Waals surface area contributed by atoms with Crippen molar-refractivity contribution in [2.45, 2.75) is 38.6 Å². The molecule has 0 radical (unpaired) electrons. The van der Waals surface area contributed by atoms with Gasteiger partial charge in [-0.15, -0.1) is 0 Å². The van der Waals surface area contributed by atoms with Crippen molar-refractivity contribution in [2.75, 3.05) is 23.4 Å². The van der Waals surface area contributed by atoms with Crippen molar-refractivity contribution in [1.82, 2.24) is 5.32 Å². The average molecular weight is 329 g/mol. The van der Waals surface area contributed by atoms with Crippen molar-refractivity contribution in [3.8, 4) is 0 Å². The standard InChI is InChI=1S/C18H23N3O3/c1-13(14-6-3-2-4-7-14)19-17(22)20-15-8-5-9-16(12-15)21-10-11-24-18(21)23/h5-6,8-9,12-13H,2-4,7,10-11H2,1H3,(H2,19,20,22)/t13-/m0/s1. The van der Waals surface area contributed by atoms with E-state index in [0.717, 1.165) is 18.5 Å². The number of hydrogen-bond acceptors (Lipinski definition) is 3. The Balaban J connectivity index is 1.60. The van der Waals surface area contributed by atoms with Crippen LogP contribution in [-0.2, 0) is 4.74 Å². The van der Waals surface area contributed by atoms with Gasteiger partial charge >= 0.3 is 12.1 Å². The monoisotopic (exact) mass is 329 g/mol. The van der Waals surface area contributed by atoms with Gasteiger partial charge in [-0.1, -0.05) is 17.7 Å². The summed E-state index contributed by atoms with van der Waals surface area (Å²) in [5.74, 6) is 0. The number of carbonyl (C=O) groups is 2. The van der Waals surface area contributed by atoms with Gasteiger partial charge < -0.3 is 15.4 Å². The smallest absolute Gasteiger partial charge is 0.414 e. The molecule has 6 heteroatoms. The number of allylic oxidation sites excluding steroid dienone is 1. The van der Waals surface area contributed by atoms with E-state index in [9.17, 15) is 9.59 Å². The molecular weight excluding hydrogens is 306 g/mol. The third-order valence-corrected chi connectivity index (χ3v) is 4.41. The molecule has 0 aromatic heterocycles. The lowest BCUT2D eigenvalue weighted by Gasteiger charge is -2.21. The first-order chi connectivity index (χ1) is 11.6. The summed E-state index contributed by atoms with van der Waals surface area (Å²) < 4.78 is 4.94. The van der Waals surface area contributed by atoms with Crippen LogP contribution in [0.25, 0.3) is 0 Å². The Bertz CT molecular complexity index is 657. The molecule has 2 N–H and O–H groups in total. The first-order valence-electron chi connectivity index (χ1n) is 8.44. The zero-order valence-corrected chi connectivity index (χ0v) is 13.9. The lowest BCUT2D eigenvalue weighted by molar-refractivity contribution is 0.181. The molecular formula is C18H23N3O3. The Morgan fingerprint density at radius 1 is 1.33 bits per heavy atom. The zero-order valence-electron chi connectivity index (χ0n) is 13.9. The molecule has 1 aliphatic carbocycles. The fraction of sp³-hybridized carbons (Fsp3) is 0.444. The molecule has 1 heterocycles. The summed E-state index contributed by atoms with van der Waals surface area (Å²) in [4.78, 5) is 25.4. The number of carbonyl (C=O) groups excluding carboxylic acids is 2. The normalized spacial score (nSPS) is 18.6. The van der Waals surface area contributed by atoms with Crippen molar-refractivity contribution >= 4 is 23.5 Å². The van der Waals surface area contributed by atoms with Crippen LogP contribution in [0.2, 0.25) is 0 Å². The van der Waals surface area contributed by atoms with Gasteiger partial charge in [0.25, 0.3) is 0 Å². The minimum atomic E-state index is -0.352. The summed E-state index contributed by atoms with van der Waals surface area (Å²) in [5.41, 5.74) is 2.66. The number of nitrogens with zero attached hydrogens (tertiary/aromatic N) is 1. The van der Waals surface area contributed by atoms with Crippen LogP contribution in [0, 0.1) is 0 Å². The lowest BCUT2D eigenvalue weighted by Crippen LogP contribution is -2.37. The summed E-state index contributed by atoms with van der Waals surface area (Å²) in [5, 5.41) is 5.81. The van der Waals surface area contributed by atoms with E-state index < -0.39 is 0 Å². The lowest BCUT2D eigenvalue weighted by atomic mass is 9.95. The Labute approximate surface area is 141 Å². The second kappa shape index (κ2) is 7.38. The number of cyclic esters (lactones) is 1. The fourth-order valence-corrected chi connectivity index (χ4v) is 3.09. The van der Waals surface area contributed by atoms with E-state index in [1.807, 2.05) is 19.1 Å². The van der Waals surface area contributed by atoms with Crippen LogP contribution in [-0.4, -0.2) is 31.3 Å². The summed E-state index contributed by atoms with van der Waals surface area (Å²) >= 11 is 0. The molecule has 1 saturated heterocycles.